The van der Waals surface area contributed by atoms with Crippen molar-refractivity contribution in [3.8, 4) is 0 Å². The Labute approximate surface area is 207 Å². The van der Waals surface area contributed by atoms with Gasteiger partial charge in [-0.25, -0.2) is 9.78 Å². The van der Waals surface area contributed by atoms with E-state index in [9.17, 15) is 24.3 Å². The Bertz CT molecular complexity index is 861. The van der Waals surface area contributed by atoms with Crippen LogP contribution in [0.2, 0.25) is 0 Å². The highest BCUT2D eigenvalue weighted by Gasteiger charge is 2.28. The highest BCUT2D eigenvalue weighted by Crippen LogP contribution is 2.05. The molecule has 0 aliphatic heterocycles. The first-order chi connectivity index (χ1) is 16.5. The van der Waals surface area contributed by atoms with Crippen molar-refractivity contribution >= 4 is 41.4 Å². The second-order valence-corrected chi connectivity index (χ2v) is 8.79. The van der Waals surface area contributed by atoms with Crippen LogP contribution in [-0.2, 0) is 25.6 Å². The summed E-state index contributed by atoms with van der Waals surface area (Å²) in [6, 6.07) is -4.09. The van der Waals surface area contributed by atoms with Crippen LogP contribution in [0.25, 0.3) is 0 Å². The van der Waals surface area contributed by atoms with Gasteiger partial charge in [0.25, 0.3) is 0 Å². The molecule has 35 heavy (non-hydrogen) atoms. The van der Waals surface area contributed by atoms with E-state index in [1.54, 1.807) is 6.20 Å². The molecule has 0 radical (unpaired) electrons. The van der Waals surface area contributed by atoms with Crippen molar-refractivity contribution in [2.75, 3.05) is 18.6 Å². The Morgan fingerprint density at radius 1 is 1.11 bits per heavy atom. The number of thioether (sulfide) groups is 1. The lowest BCUT2D eigenvalue weighted by molar-refractivity contribution is -0.142. The van der Waals surface area contributed by atoms with Crippen molar-refractivity contribution in [1.82, 2.24) is 25.9 Å². The van der Waals surface area contributed by atoms with E-state index in [1.807, 2.05) is 6.26 Å². The molecule has 0 aromatic carbocycles. The van der Waals surface area contributed by atoms with E-state index in [0.29, 0.717) is 17.9 Å². The predicted octanol–water partition coefficient (Wildman–Crippen LogP) is -2.35. The fourth-order valence-electron chi connectivity index (χ4n) is 2.95. The number of nitrogens with zero attached hydrogens (tertiary/aromatic N) is 2. The zero-order valence-corrected chi connectivity index (χ0v) is 20.6. The molecule has 14 nitrogen and oxygen atoms in total. The maximum atomic E-state index is 12.8. The van der Waals surface area contributed by atoms with E-state index in [4.69, 9.17) is 17.2 Å². The van der Waals surface area contributed by atoms with Gasteiger partial charge in [-0.15, -0.1) is 0 Å². The number of carboxylic acids is 1. The molecule has 4 unspecified atom stereocenters. The van der Waals surface area contributed by atoms with Crippen molar-refractivity contribution < 1.29 is 24.3 Å². The molecule has 0 aliphatic carbocycles. The number of H-pyrrole nitrogens is 1. The second-order valence-electron chi connectivity index (χ2n) is 7.81. The summed E-state index contributed by atoms with van der Waals surface area (Å²) in [6.07, 6.45) is 5.73. The molecule has 0 fully saturated rings. The summed E-state index contributed by atoms with van der Waals surface area (Å²) >= 11 is 1.45. The van der Waals surface area contributed by atoms with Gasteiger partial charge < -0.3 is 43.2 Å². The van der Waals surface area contributed by atoms with E-state index < -0.39 is 47.9 Å². The van der Waals surface area contributed by atoms with Gasteiger partial charge in [0.05, 0.1) is 12.4 Å². The number of aromatic nitrogens is 2. The van der Waals surface area contributed by atoms with Gasteiger partial charge in [-0.05, 0) is 38.2 Å². The van der Waals surface area contributed by atoms with Crippen LogP contribution in [0.3, 0.4) is 0 Å². The monoisotopic (exact) mass is 513 g/mol. The molecular formula is C20H35N9O5S. The van der Waals surface area contributed by atoms with E-state index in [1.165, 1.54) is 25.0 Å². The molecule has 0 bridgehead atoms. The third kappa shape index (κ3) is 11.6. The molecular weight excluding hydrogens is 478 g/mol. The SMILES string of the molecule is CSCCC(NC(=O)C(CCCN=C(N)N)NC(=O)C(C)NC(=O)C(N)Cc1cnc[nH]1)C(=O)O. The van der Waals surface area contributed by atoms with Crippen LogP contribution in [-0.4, -0.2) is 87.4 Å². The van der Waals surface area contributed by atoms with Gasteiger partial charge in [0.15, 0.2) is 5.96 Å². The lowest BCUT2D eigenvalue weighted by Crippen LogP contribution is -2.56. The van der Waals surface area contributed by atoms with Crippen LogP contribution in [0.4, 0.5) is 0 Å². The van der Waals surface area contributed by atoms with E-state index >= 15 is 0 Å². The standard InChI is InChI=1S/C20H35N9O5S/c1-11(27-17(31)13(21)8-12-9-24-10-26-12)16(30)28-14(4-3-6-25-20(22)23)18(32)29-15(19(33)34)5-7-35-2/h9-11,13-15H,3-8,21H2,1-2H3,(H,24,26)(H,27,31)(H,28,30)(H,29,32)(H,33,34)(H4,22,23,25). The minimum Gasteiger partial charge on any atom is -0.480 e. The van der Waals surface area contributed by atoms with Gasteiger partial charge in [-0.2, -0.15) is 11.8 Å². The van der Waals surface area contributed by atoms with Crippen LogP contribution in [0.15, 0.2) is 17.5 Å². The van der Waals surface area contributed by atoms with Gasteiger partial charge in [0.2, 0.25) is 17.7 Å². The van der Waals surface area contributed by atoms with E-state index in [-0.39, 0.29) is 31.8 Å². The first-order valence-corrected chi connectivity index (χ1v) is 12.4. The van der Waals surface area contributed by atoms with Gasteiger partial charge in [-0.1, -0.05) is 0 Å². The molecule has 1 aromatic rings. The number of aromatic amines is 1. The lowest BCUT2D eigenvalue weighted by atomic mass is 10.1. The molecule has 0 aliphatic rings. The summed E-state index contributed by atoms with van der Waals surface area (Å²) in [5.41, 5.74) is 17.2. The highest BCUT2D eigenvalue weighted by molar-refractivity contribution is 7.98. The number of rotatable bonds is 16. The van der Waals surface area contributed by atoms with Crippen molar-refractivity contribution in [1.29, 1.82) is 0 Å². The Hall–Kier alpha value is -3.33. The zero-order chi connectivity index (χ0) is 26.4. The number of imidazole rings is 1. The molecule has 0 saturated heterocycles. The van der Waals surface area contributed by atoms with Gasteiger partial charge in [0.1, 0.15) is 18.1 Å². The first-order valence-electron chi connectivity index (χ1n) is 11.0. The molecule has 1 rings (SSSR count). The smallest absolute Gasteiger partial charge is 0.326 e. The maximum Gasteiger partial charge on any atom is 0.326 e. The summed E-state index contributed by atoms with van der Waals surface area (Å²) in [7, 11) is 0. The number of nitrogens with two attached hydrogens (primary N) is 3. The average molecular weight is 514 g/mol. The maximum absolute atomic E-state index is 12.8. The van der Waals surface area contributed by atoms with Crippen molar-refractivity contribution in [2.45, 2.75) is 56.8 Å². The minimum absolute atomic E-state index is 0.110. The summed E-state index contributed by atoms with van der Waals surface area (Å²) in [4.78, 5) is 59.9. The Balaban J connectivity index is 2.78. The number of aliphatic imine (C=N–C) groups is 1. The molecule has 4 atom stereocenters. The normalized spacial score (nSPS) is 14.1. The number of carbonyl (C=O) groups is 4. The summed E-state index contributed by atoms with van der Waals surface area (Å²) in [6.45, 7) is 1.66. The largest absolute Gasteiger partial charge is 0.480 e. The molecule has 15 heteroatoms. The fourth-order valence-corrected chi connectivity index (χ4v) is 3.42. The second kappa shape index (κ2) is 15.5. The van der Waals surface area contributed by atoms with Crippen molar-refractivity contribution in [3.05, 3.63) is 18.2 Å². The van der Waals surface area contributed by atoms with Crippen molar-refractivity contribution in [2.24, 2.45) is 22.2 Å². The third-order valence-corrected chi connectivity index (χ3v) is 5.53. The Morgan fingerprint density at radius 2 is 1.80 bits per heavy atom. The minimum atomic E-state index is -1.18. The number of nitrogens with one attached hydrogen (secondary N) is 4. The lowest BCUT2D eigenvalue weighted by Gasteiger charge is -2.23. The predicted molar refractivity (Wildman–Crippen MR) is 132 cm³/mol. The van der Waals surface area contributed by atoms with Crippen LogP contribution in [0, 0.1) is 0 Å². The van der Waals surface area contributed by atoms with Crippen LogP contribution < -0.4 is 33.2 Å². The summed E-state index contributed by atoms with van der Waals surface area (Å²) in [5, 5.41) is 16.9. The quantitative estimate of drug-likeness (QED) is 0.0664. The topological polar surface area (TPSA) is 244 Å². The molecule has 1 heterocycles. The van der Waals surface area contributed by atoms with Gasteiger partial charge >= 0.3 is 5.97 Å². The molecule has 11 N–H and O–H groups in total. The molecule has 1 aromatic heterocycles. The van der Waals surface area contributed by atoms with Gasteiger partial charge in [0, 0.05) is 24.9 Å². The van der Waals surface area contributed by atoms with Crippen molar-refractivity contribution in [3.63, 3.8) is 0 Å². The van der Waals surface area contributed by atoms with E-state index in [2.05, 4.69) is 30.9 Å². The Kier molecular flexibility index (Phi) is 13.2. The van der Waals surface area contributed by atoms with Gasteiger partial charge in [-0.3, -0.25) is 19.4 Å². The fraction of sp³-hybridized carbons (Fsp3) is 0.600. The van der Waals surface area contributed by atoms with Crippen LogP contribution in [0.5, 0.6) is 0 Å². The molecule has 196 valence electrons. The summed E-state index contributed by atoms with van der Waals surface area (Å²) in [5.74, 6) is -2.61. The molecule has 0 saturated carbocycles. The first kappa shape index (κ1) is 29.7. The highest BCUT2D eigenvalue weighted by atomic mass is 32.2. The number of hydrogen-bond acceptors (Lipinski definition) is 8. The number of aliphatic carboxylic acids is 1. The molecule has 3 amide bonds. The third-order valence-electron chi connectivity index (χ3n) is 4.89. The number of guanidine groups is 1. The number of carboxylic acid groups (broad SMARTS) is 1. The van der Waals surface area contributed by atoms with Crippen LogP contribution in [0.1, 0.15) is 31.9 Å². The Morgan fingerprint density at radius 3 is 2.37 bits per heavy atom. The van der Waals surface area contributed by atoms with Crippen LogP contribution >= 0.6 is 11.8 Å². The number of amides is 3. The number of carbonyl (C=O) groups excluding carboxylic acids is 3. The number of hydrogen-bond donors (Lipinski definition) is 8. The summed E-state index contributed by atoms with van der Waals surface area (Å²) < 4.78 is 0. The van der Waals surface area contributed by atoms with E-state index in [0.717, 1.165) is 0 Å². The molecule has 0 spiro atoms. The zero-order valence-electron chi connectivity index (χ0n) is 19.8. The average Bonchev–Trinajstić information content (AvgIpc) is 3.30.